The van der Waals surface area contributed by atoms with E-state index in [-0.39, 0.29) is 0 Å². The Morgan fingerprint density at radius 2 is 2.50 bits per heavy atom. The molecule has 1 saturated carbocycles. The maximum Gasteiger partial charge on any atom is 0.182 e. The molecule has 3 heteroatoms. The Labute approximate surface area is 59.7 Å². The molecule has 0 spiro atoms. The highest BCUT2D eigenvalue weighted by Gasteiger charge is 2.27. The molecule has 1 aromatic rings. The van der Waals surface area contributed by atoms with E-state index in [1.807, 2.05) is 0 Å². The van der Waals surface area contributed by atoms with E-state index in [1.165, 1.54) is 19.2 Å². The van der Waals surface area contributed by atoms with Crippen molar-refractivity contribution < 1.29 is 4.42 Å². The van der Waals surface area contributed by atoms with Gasteiger partial charge in [-0.3, -0.25) is 0 Å². The summed E-state index contributed by atoms with van der Waals surface area (Å²) in [4.78, 5) is 6.19. The van der Waals surface area contributed by atoms with Gasteiger partial charge in [0.25, 0.3) is 0 Å². The van der Waals surface area contributed by atoms with Crippen LogP contribution in [-0.2, 0) is 0 Å². The second kappa shape index (κ2) is 2.01. The van der Waals surface area contributed by atoms with Gasteiger partial charge >= 0.3 is 0 Å². The first-order valence-electron chi connectivity index (χ1n) is 3.49. The topological polar surface area (TPSA) is 29.3 Å². The summed E-state index contributed by atoms with van der Waals surface area (Å²) in [6.07, 6.45) is 5.74. The van der Waals surface area contributed by atoms with E-state index < -0.39 is 0 Å². The molecule has 2 rings (SSSR count). The number of hydrogen-bond donors (Lipinski definition) is 0. The molecule has 0 atom stereocenters. The Kier molecular flexibility index (Phi) is 1.16. The van der Waals surface area contributed by atoms with E-state index in [0.717, 1.165) is 5.82 Å². The molecule has 54 valence electrons. The van der Waals surface area contributed by atoms with Crippen molar-refractivity contribution in [1.82, 2.24) is 4.98 Å². The van der Waals surface area contributed by atoms with Crippen LogP contribution in [0.2, 0.25) is 0 Å². The Morgan fingerprint density at radius 3 is 3.00 bits per heavy atom. The number of oxazole rings is 1. The minimum atomic E-state index is 0.713. The molecule has 1 heterocycles. The molecule has 10 heavy (non-hydrogen) atoms. The Hall–Kier alpha value is -0.990. The van der Waals surface area contributed by atoms with Crippen molar-refractivity contribution in [2.24, 2.45) is 0 Å². The quantitative estimate of drug-likeness (QED) is 0.616. The maximum absolute atomic E-state index is 4.86. The third-order valence-corrected chi connectivity index (χ3v) is 1.88. The molecule has 0 saturated heterocycles. The summed E-state index contributed by atoms with van der Waals surface area (Å²) in [7, 11) is 2.05. The lowest BCUT2D eigenvalue weighted by Crippen LogP contribution is -2.19. The van der Waals surface area contributed by atoms with Crippen molar-refractivity contribution in [1.29, 1.82) is 0 Å². The highest BCUT2D eigenvalue weighted by atomic mass is 16.3. The van der Waals surface area contributed by atoms with Gasteiger partial charge in [-0.15, -0.1) is 0 Å². The van der Waals surface area contributed by atoms with Gasteiger partial charge in [0.15, 0.2) is 12.2 Å². The summed E-state index contributed by atoms with van der Waals surface area (Å²) in [5.74, 6) is 0.947. The van der Waals surface area contributed by atoms with Crippen LogP contribution in [0.25, 0.3) is 0 Å². The summed E-state index contributed by atoms with van der Waals surface area (Å²) in [6, 6.07) is 0.713. The summed E-state index contributed by atoms with van der Waals surface area (Å²) in [5, 5.41) is 0. The first-order chi connectivity index (χ1) is 4.88. The molecule has 0 radical (unpaired) electrons. The molecule has 3 nitrogen and oxygen atoms in total. The zero-order chi connectivity index (χ0) is 6.97. The van der Waals surface area contributed by atoms with Crippen LogP contribution >= 0.6 is 0 Å². The van der Waals surface area contributed by atoms with Crippen molar-refractivity contribution in [2.75, 3.05) is 11.9 Å². The number of aromatic nitrogens is 1. The highest BCUT2D eigenvalue weighted by Crippen LogP contribution is 2.28. The van der Waals surface area contributed by atoms with E-state index in [2.05, 4.69) is 16.9 Å². The fourth-order valence-corrected chi connectivity index (χ4v) is 1.03. The van der Waals surface area contributed by atoms with E-state index in [4.69, 9.17) is 4.42 Å². The van der Waals surface area contributed by atoms with Gasteiger partial charge in [-0.05, 0) is 12.8 Å². The van der Waals surface area contributed by atoms with Gasteiger partial charge in [0.2, 0.25) is 0 Å². The lowest BCUT2D eigenvalue weighted by atomic mass is 10.5. The van der Waals surface area contributed by atoms with Gasteiger partial charge in [0, 0.05) is 13.1 Å². The second-order valence-corrected chi connectivity index (χ2v) is 2.69. The van der Waals surface area contributed by atoms with Crippen LogP contribution in [0.1, 0.15) is 12.8 Å². The smallest absolute Gasteiger partial charge is 0.182 e. The summed E-state index contributed by atoms with van der Waals surface area (Å²) in [6.45, 7) is 0. The van der Waals surface area contributed by atoms with Gasteiger partial charge < -0.3 is 9.32 Å². The molecular weight excluding hydrogens is 128 g/mol. The SMILES string of the molecule is CN(c1cocn1)C1CC1. The van der Waals surface area contributed by atoms with Crippen LogP contribution in [0.3, 0.4) is 0 Å². The van der Waals surface area contributed by atoms with Crippen LogP contribution in [0, 0.1) is 0 Å². The monoisotopic (exact) mass is 138 g/mol. The fourth-order valence-electron chi connectivity index (χ4n) is 1.03. The fraction of sp³-hybridized carbons (Fsp3) is 0.571. The van der Waals surface area contributed by atoms with Crippen molar-refractivity contribution >= 4 is 5.82 Å². The van der Waals surface area contributed by atoms with E-state index in [9.17, 15) is 0 Å². The van der Waals surface area contributed by atoms with Crippen LogP contribution in [0.4, 0.5) is 5.82 Å². The van der Waals surface area contributed by atoms with Gasteiger partial charge in [-0.1, -0.05) is 0 Å². The van der Waals surface area contributed by atoms with E-state index in [1.54, 1.807) is 6.26 Å². The molecule has 0 unspecified atom stereocenters. The normalized spacial score (nSPS) is 17.3. The number of nitrogens with zero attached hydrogens (tertiary/aromatic N) is 2. The van der Waals surface area contributed by atoms with Crippen LogP contribution in [0.15, 0.2) is 17.1 Å². The Morgan fingerprint density at radius 1 is 1.70 bits per heavy atom. The van der Waals surface area contributed by atoms with E-state index >= 15 is 0 Å². The van der Waals surface area contributed by atoms with Crippen molar-refractivity contribution in [3.05, 3.63) is 12.7 Å². The molecule has 0 amide bonds. The standard InChI is InChI=1S/C7H10N2O/c1-9(6-2-3-6)7-4-10-5-8-7/h4-6H,2-3H2,1H3. The lowest BCUT2D eigenvalue weighted by molar-refractivity contribution is 0.557. The summed E-state index contributed by atoms with van der Waals surface area (Å²) < 4.78 is 4.86. The third kappa shape index (κ3) is 0.875. The second-order valence-electron chi connectivity index (χ2n) is 2.69. The molecule has 1 fully saturated rings. The number of anilines is 1. The van der Waals surface area contributed by atoms with Crippen molar-refractivity contribution in [3.8, 4) is 0 Å². The summed E-state index contributed by atoms with van der Waals surface area (Å²) >= 11 is 0. The Balaban J connectivity index is 2.11. The average Bonchev–Trinajstić information content (AvgIpc) is 2.65. The van der Waals surface area contributed by atoms with Crippen LogP contribution < -0.4 is 4.90 Å². The van der Waals surface area contributed by atoms with Gasteiger partial charge in [0.1, 0.15) is 6.26 Å². The molecular formula is C7H10N2O. The first kappa shape index (κ1) is 5.77. The highest BCUT2D eigenvalue weighted by molar-refractivity contribution is 5.36. The van der Waals surface area contributed by atoms with Gasteiger partial charge in [0.05, 0.1) is 0 Å². The molecule has 0 N–H and O–H groups in total. The van der Waals surface area contributed by atoms with E-state index in [0.29, 0.717) is 6.04 Å². The molecule has 1 aromatic heterocycles. The molecule has 0 bridgehead atoms. The zero-order valence-electron chi connectivity index (χ0n) is 5.95. The maximum atomic E-state index is 4.86. The molecule has 1 aliphatic rings. The number of rotatable bonds is 2. The van der Waals surface area contributed by atoms with Crippen molar-refractivity contribution in [2.45, 2.75) is 18.9 Å². The van der Waals surface area contributed by atoms with Gasteiger partial charge in [-0.25, -0.2) is 0 Å². The van der Waals surface area contributed by atoms with Crippen LogP contribution in [0.5, 0.6) is 0 Å². The van der Waals surface area contributed by atoms with Crippen LogP contribution in [-0.4, -0.2) is 18.1 Å². The molecule has 1 aliphatic carbocycles. The third-order valence-electron chi connectivity index (χ3n) is 1.88. The van der Waals surface area contributed by atoms with Gasteiger partial charge in [-0.2, -0.15) is 4.98 Å². The van der Waals surface area contributed by atoms with Crippen molar-refractivity contribution in [3.63, 3.8) is 0 Å². The summed E-state index contributed by atoms with van der Waals surface area (Å²) in [5.41, 5.74) is 0. The average molecular weight is 138 g/mol. The minimum absolute atomic E-state index is 0.713. The zero-order valence-corrected chi connectivity index (χ0v) is 5.95. The Bertz CT molecular complexity index is 203. The minimum Gasteiger partial charge on any atom is -0.449 e. The lowest BCUT2D eigenvalue weighted by Gasteiger charge is -2.12. The first-order valence-corrected chi connectivity index (χ1v) is 3.49. The predicted molar refractivity (Wildman–Crippen MR) is 37.9 cm³/mol. The predicted octanol–water partition coefficient (Wildman–Crippen LogP) is 1.27. The molecule has 0 aliphatic heterocycles. The largest absolute Gasteiger partial charge is 0.449 e. The number of hydrogen-bond acceptors (Lipinski definition) is 3. The molecule has 0 aromatic carbocycles.